The van der Waals surface area contributed by atoms with Crippen LogP contribution in [-0.2, 0) is 11.2 Å². The number of ketones is 1. The lowest BCUT2D eigenvalue weighted by Gasteiger charge is -2.06. The number of carbonyl (C=O) groups is 2. The van der Waals surface area contributed by atoms with Crippen LogP contribution in [0.15, 0.2) is 35.1 Å². The second kappa shape index (κ2) is 7.81. The van der Waals surface area contributed by atoms with Crippen LogP contribution in [-0.4, -0.2) is 29.8 Å². The normalized spacial score (nSPS) is 12.3. The monoisotopic (exact) mass is 373 g/mol. The Bertz CT molecular complexity index is 786. The predicted octanol–water partition coefficient (Wildman–Crippen LogP) is 3.04. The molecular formula is C16H14F3NO6. The zero-order valence-electron chi connectivity index (χ0n) is 13.2. The van der Waals surface area contributed by atoms with Crippen LogP contribution in [0.25, 0.3) is 0 Å². The van der Waals surface area contributed by atoms with Crippen LogP contribution in [0.4, 0.5) is 18.9 Å². The maximum absolute atomic E-state index is 11.9. The number of carbonyl (C=O) groups excluding carboxylic acids is 1. The number of halogens is 3. The van der Waals surface area contributed by atoms with Crippen molar-refractivity contribution in [2.75, 3.05) is 12.5 Å². The Hall–Kier alpha value is -3.17. The Morgan fingerprint density at radius 2 is 1.81 bits per heavy atom. The second-order valence-electron chi connectivity index (χ2n) is 5.14. The summed E-state index contributed by atoms with van der Waals surface area (Å²) >= 11 is 0. The summed E-state index contributed by atoms with van der Waals surface area (Å²) in [6.07, 6.45) is -1.20. The molecule has 0 spiro atoms. The first-order valence-electron chi connectivity index (χ1n) is 7.22. The van der Waals surface area contributed by atoms with Crippen molar-refractivity contribution < 1.29 is 41.8 Å². The van der Waals surface area contributed by atoms with E-state index in [1.807, 2.05) is 6.07 Å². The number of aryl methyl sites for hydroxylation is 1. The van der Waals surface area contributed by atoms with Crippen LogP contribution in [0.3, 0.4) is 0 Å². The molecule has 0 atom stereocenters. The Morgan fingerprint density at radius 3 is 2.35 bits per heavy atom. The number of hydrogen-bond donors (Lipinski definition) is 2. The Balaban J connectivity index is 0.000000298. The van der Waals surface area contributed by atoms with E-state index >= 15 is 0 Å². The minimum atomic E-state index is -5.08. The van der Waals surface area contributed by atoms with E-state index in [2.05, 4.69) is 0 Å². The van der Waals surface area contributed by atoms with Crippen molar-refractivity contribution in [2.45, 2.75) is 19.0 Å². The van der Waals surface area contributed by atoms with E-state index in [0.29, 0.717) is 35.6 Å². The summed E-state index contributed by atoms with van der Waals surface area (Å²) in [6.45, 7) is 0.214. The van der Waals surface area contributed by atoms with E-state index in [0.717, 1.165) is 5.56 Å². The summed E-state index contributed by atoms with van der Waals surface area (Å²) < 4.78 is 47.2. The number of carboxylic acid groups (broad SMARTS) is 1. The first-order valence-corrected chi connectivity index (χ1v) is 7.22. The van der Waals surface area contributed by atoms with Crippen LogP contribution in [0.2, 0.25) is 0 Å². The second-order valence-corrected chi connectivity index (χ2v) is 5.14. The van der Waals surface area contributed by atoms with Gasteiger partial charge in [0.05, 0.1) is 11.8 Å². The summed E-state index contributed by atoms with van der Waals surface area (Å²) in [5, 5.41) is 7.12. The fourth-order valence-electron chi connectivity index (χ4n) is 2.03. The zero-order valence-corrected chi connectivity index (χ0v) is 13.2. The van der Waals surface area contributed by atoms with E-state index in [9.17, 15) is 18.0 Å². The third kappa shape index (κ3) is 4.91. The molecule has 7 nitrogen and oxygen atoms in total. The molecule has 0 radical (unpaired) electrons. The number of nitrogens with two attached hydrogens (primary N) is 1. The van der Waals surface area contributed by atoms with Gasteiger partial charge in [-0.2, -0.15) is 13.2 Å². The van der Waals surface area contributed by atoms with Crippen LogP contribution in [0.5, 0.6) is 11.5 Å². The number of nitrogen functional groups attached to an aromatic ring is 1. The van der Waals surface area contributed by atoms with Gasteiger partial charge in [0.2, 0.25) is 6.79 Å². The van der Waals surface area contributed by atoms with Gasteiger partial charge in [0, 0.05) is 18.2 Å². The standard InChI is InChI=1S/C14H13NO4.C2HF3O2/c15-11-6-14-13(18-8-19-14)5-9(11)1-2-12(16)10-3-4-17-7-10;3-2(4,5)1(6)7/h3-7H,1-2,8,15H2;(H,6,7). The van der Waals surface area contributed by atoms with Crippen molar-refractivity contribution in [2.24, 2.45) is 0 Å². The summed E-state index contributed by atoms with van der Waals surface area (Å²) in [7, 11) is 0. The fourth-order valence-corrected chi connectivity index (χ4v) is 2.03. The molecular weight excluding hydrogens is 359 g/mol. The molecule has 1 aromatic heterocycles. The molecule has 26 heavy (non-hydrogen) atoms. The molecule has 2 heterocycles. The van der Waals surface area contributed by atoms with Crippen molar-refractivity contribution in [3.63, 3.8) is 0 Å². The molecule has 0 saturated carbocycles. The van der Waals surface area contributed by atoms with Crippen molar-refractivity contribution in [3.8, 4) is 11.5 Å². The lowest BCUT2D eigenvalue weighted by molar-refractivity contribution is -0.192. The number of aliphatic carboxylic acids is 1. The minimum Gasteiger partial charge on any atom is -0.475 e. The molecule has 2 aromatic rings. The first kappa shape index (κ1) is 19.2. The van der Waals surface area contributed by atoms with E-state index in [1.54, 1.807) is 12.1 Å². The fraction of sp³-hybridized carbons (Fsp3) is 0.250. The van der Waals surface area contributed by atoms with E-state index < -0.39 is 12.1 Å². The number of anilines is 1. The van der Waals surface area contributed by atoms with Gasteiger partial charge in [0.1, 0.15) is 6.26 Å². The number of alkyl halides is 3. The third-order valence-corrected chi connectivity index (χ3v) is 3.34. The topological polar surface area (TPSA) is 112 Å². The maximum Gasteiger partial charge on any atom is 0.490 e. The van der Waals surface area contributed by atoms with Gasteiger partial charge in [-0.05, 0) is 24.1 Å². The molecule has 3 rings (SSSR count). The van der Waals surface area contributed by atoms with Crippen molar-refractivity contribution in [1.82, 2.24) is 0 Å². The SMILES string of the molecule is Nc1cc2c(cc1CCC(=O)c1ccoc1)OCO2.O=C(O)C(F)(F)F. The highest BCUT2D eigenvalue weighted by Gasteiger charge is 2.38. The van der Waals surface area contributed by atoms with E-state index in [4.69, 9.17) is 29.5 Å². The quantitative estimate of drug-likeness (QED) is 0.626. The average molecular weight is 373 g/mol. The first-order chi connectivity index (χ1) is 12.2. The van der Waals surface area contributed by atoms with Crippen LogP contribution >= 0.6 is 0 Å². The summed E-state index contributed by atoms with van der Waals surface area (Å²) in [5.74, 6) is -1.39. The molecule has 0 unspecified atom stereocenters. The van der Waals surface area contributed by atoms with Gasteiger partial charge in [-0.3, -0.25) is 4.79 Å². The smallest absolute Gasteiger partial charge is 0.475 e. The van der Waals surface area contributed by atoms with Gasteiger partial charge in [-0.25, -0.2) is 4.79 Å². The molecule has 10 heteroatoms. The van der Waals surface area contributed by atoms with Crippen molar-refractivity contribution in [1.29, 1.82) is 0 Å². The lowest BCUT2D eigenvalue weighted by atomic mass is 10.0. The van der Waals surface area contributed by atoms with Gasteiger partial charge in [-0.15, -0.1) is 0 Å². The number of fused-ring (bicyclic) bond motifs is 1. The lowest BCUT2D eigenvalue weighted by Crippen LogP contribution is -2.21. The molecule has 140 valence electrons. The molecule has 0 fully saturated rings. The molecule has 1 aromatic carbocycles. The highest BCUT2D eigenvalue weighted by Crippen LogP contribution is 2.36. The minimum absolute atomic E-state index is 0.0332. The molecule has 1 aliphatic rings. The van der Waals surface area contributed by atoms with Crippen LogP contribution in [0.1, 0.15) is 22.3 Å². The van der Waals surface area contributed by atoms with Crippen molar-refractivity contribution in [3.05, 3.63) is 41.9 Å². The summed E-state index contributed by atoms with van der Waals surface area (Å²) in [6, 6.07) is 5.23. The molecule has 0 saturated heterocycles. The maximum atomic E-state index is 11.9. The van der Waals surface area contributed by atoms with Crippen LogP contribution < -0.4 is 15.2 Å². The molecule has 0 bridgehead atoms. The summed E-state index contributed by atoms with van der Waals surface area (Å²) in [4.78, 5) is 20.8. The highest BCUT2D eigenvalue weighted by molar-refractivity contribution is 5.95. The van der Waals surface area contributed by atoms with Crippen LogP contribution in [0, 0.1) is 0 Å². The number of hydrogen-bond acceptors (Lipinski definition) is 6. The Labute approximate surface area is 145 Å². The number of carboxylic acids is 1. The number of ether oxygens (including phenoxy) is 2. The highest BCUT2D eigenvalue weighted by atomic mass is 19.4. The third-order valence-electron chi connectivity index (χ3n) is 3.34. The average Bonchev–Trinajstić information content (AvgIpc) is 3.23. The van der Waals surface area contributed by atoms with Gasteiger partial charge in [-0.1, -0.05) is 0 Å². The van der Waals surface area contributed by atoms with Gasteiger partial charge in [0.25, 0.3) is 0 Å². The van der Waals surface area contributed by atoms with Gasteiger partial charge >= 0.3 is 12.1 Å². The molecule has 3 N–H and O–H groups in total. The number of rotatable bonds is 4. The predicted molar refractivity (Wildman–Crippen MR) is 82.0 cm³/mol. The van der Waals surface area contributed by atoms with Gasteiger partial charge in [0.15, 0.2) is 17.3 Å². The van der Waals surface area contributed by atoms with E-state index in [1.165, 1.54) is 12.5 Å². The molecule has 1 aliphatic heterocycles. The largest absolute Gasteiger partial charge is 0.490 e. The summed E-state index contributed by atoms with van der Waals surface area (Å²) in [5.41, 5.74) is 8.02. The molecule has 0 aliphatic carbocycles. The number of Topliss-reactive ketones (excluding diaryl/α,β-unsaturated/α-hetero) is 1. The van der Waals surface area contributed by atoms with Gasteiger partial charge < -0.3 is 24.7 Å². The van der Waals surface area contributed by atoms with Crippen molar-refractivity contribution >= 4 is 17.4 Å². The molecule has 0 amide bonds. The zero-order chi connectivity index (χ0) is 19.3. The Kier molecular flexibility index (Phi) is 5.75. The number of furan rings is 1. The Morgan fingerprint density at radius 1 is 1.19 bits per heavy atom. The number of benzene rings is 1. The van der Waals surface area contributed by atoms with E-state index in [-0.39, 0.29) is 12.6 Å².